The highest BCUT2D eigenvalue weighted by atomic mass is 35.5. The summed E-state index contributed by atoms with van der Waals surface area (Å²) in [6.07, 6.45) is 0.870. The zero-order valence-electron chi connectivity index (χ0n) is 15.7. The minimum absolute atomic E-state index is 0.0947. The predicted molar refractivity (Wildman–Crippen MR) is 107 cm³/mol. The summed E-state index contributed by atoms with van der Waals surface area (Å²) in [6.45, 7) is 2.49. The van der Waals surface area contributed by atoms with Crippen molar-refractivity contribution in [2.24, 2.45) is 0 Å². The van der Waals surface area contributed by atoms with Gasteiger partial charge < -0.3 is 15.0 Å². The number of amides is 2. The first-order valence-electron chi connectivity index (χ1n) is 8.94. The number of benzene rings is 2. The Morgan fingerprint density at radius 3 is 2.56 bits per heavy atom. The number of nitrogens with one attached hydrogen (secondary N) is 1. The van der Waals surface area contributed by atoms with E-state index >= 15 is 0 Å². The smallest absolute Gasteiger partial charge is 0.242 e. The van der Waals surface area contributed by atoms with E-state index in [0.29, 0.717) is 31.0 Å². The van der Waals surface area contributed by atoms with Crippen molar-refractivity contribution in [3.05, 3.63) is 65.2 Å². The van der Waals surface area contributed by atoms with Crippen LogP contribution in [0.5, 0.6) is 5.75 Å². The van der Waals surface area contributed by atoms with E-state index in [2.05, 4.69) is 5.32 Å². The highest BCUT2D eigenvalue weighted by molar-refractivity contribution is 6.30. The fourth-order valence-electron chi connectivity index (χ4n) is 2.70. The molecule has 2 rings (SSSR count). The van der Waals surface area contributed by atoms with Gasteiger partial charge >= 0.3 is 0 Å². The molecule has 0 aliphatic carbocycles. The van der Waals surface area contributed by atoms with Crippen LogP contribution in [0.1, 0.15) is 25.3 Å². The molecule has 2 amide bonds. The quantitative estimate of drug-likeness (QED) is 0.667. The minimum Gasteiger partial charge on any atom is -0.494 e. The Balaban J connectivity index is 1.96. The average molecular weight is 389 g/mol. The lowest BCUT2D eigenvalue weighted by molar-refractivity contribution is -0.140. The molecule has 2 aromatic carbocycles. The maximum Gasteiger partial charge on any atom is 0.242 e. The Kier molecular flexibility index (Phi) is 8.14. The van der Waals surface area contributed by atoms with E-state index in [4.69, 9.17) is 16.3 Å². The molecule has 0 aliphatic heterocycles. The number of hydrogen-bond acceptors (Lipinski definition) is 3. The summed E-state index contributed by atoms with van der Waals surface area (Å²) in [7, 11) is 1.56. The van der Waals surface area contributed by atoms with Crippen LogP contribution in [0, 0.1) is 0 Å². The molecule has 0 radical (unpaired) electrons. The molecule has 0 bridgehead atoms. The first-order chi connectivity index (χ1) is 13.0. The molecule has 5 nitrogen and oxygen atoms in total. The molecule has 1 atom stereocenters. The monoisotopic (exact) mass is 388 g/mol. The van der Waals surface area contributed by atoms with Gasteiger partial charge in [-0.3, -0.25) is 9.59 Å². The molecule has 0 saturated carbocycles. The summed E-state index contributed by atoms with van der Waals surface area (Å²) in [5.74, 6) is 0.480. The van der Waals surface area contributed by atoms with Crippen molar-refractivity contribution in [1.29, 1.82) is 0 Å². The van der Waals surface area contributed by atoms with Crippen molar-refractivity contribution < 1.29 is 14.3 Å². The van der Waals surface area contributed by atoms with Gasteiger partial charge in [-0.1, -0.05) is 41.9 Å². The number of halogens is 1. The van der Waals surface area contributed by atoms with Gasteiger partial charge in [0.2, 0.25) is 11.8 Å². The van der Waals surface area contributed by atoms with Gasteiger partial charge in [0, 0.05) is 25.0 Å². The van der Waals surface area contributed by atoms with E-state index in [1.165, 1.54) is 0 Å². The van der Waals surface area contributed by atoms with Gasteiger partial charge in [0.1, 0.15) is 11.8 Å². The Labute approximate surface area is 165 Å². The molecule has 144 valence electrons. The summed E-state index contributed by atoms with van der Waals surface area (Å²) < 4.78 is 5.63. The van der Waals surface area contributed by atoms with E-state index in [1.54, 1.807) is 31.0 Å². The van der Waals surface area contributed by atoms with Crippen molar-refractivity contribution in [1.82, 2.24) is 10.2 Å². The van der Waals surface area contributed by atoms with E-state index in [0.717, 1.165) is 11.3 Å². The maximum atomic E-state index is 12.8. The first-order valence-corrected chi connectivity index (χ1v) is 9.32. The van der Waals surface area contributed by atoms with E-state index in [-0.39, 0.29) is 11.8 Å². The molecule has 6 heteroatoms. The molecule has 0 heterocycles. The zero-order valence-corrected chi connectivity index (χ0v) is 16.4. The molecule has 1 N–H and O–H groups in total. The van der Waals surface area contributed by atoms with Gasteiger partial charge in [0.05, 0.1) is 6.61 Å². The van der Waals surface area contributed by atoms with Crippen molar-refractivity contribution >= 4 is 23.4 Å². The summed E-state index contributed by atoms with van der Waals surface area (Å²) in [5.41, 5.74) is 0.882. The first kappa shape index (κ1) is 20.8. The number of nitrogens with zero attached hydrogens (tertiary/aromatic N) is 1. The molecule has 27 heavy (non-hydrogen) atoms. The number of likely N-dealkylation sites (N-methyl/N-ethyl adjacent to an activating group) is 1. The summed E-state index contributed by atoms with van der Waals surface area (Å²) in [4.78, 5) is 26.4. The van der Waals surface area contributed by atoms with Gasteiger partial charge in [-0.2, -0.15) is 0 Å². The SMILES string of the molecule is CNC(=O)[C@@H](C)N(Cc1cccc(Cl)c1)C(=O)CCCOc1ccccc1. The molecule has 2 aromatic rings. The number of ether oxygens (including phenoxy) is 1. The molecule has 0 aliphatic rings. The predicted octanol–water partition coefficient (Wildman–Crippen LogP) is 3.66. The van der Waals surface area contributed by atoms with Gasteiger partial charge in [-0.05, 0) is 43.2 Å². The number of rotatable bonds is 9. The Bertz CT molecular complexity index is 752. The van der Waals surface area contributed by atoms with E-state index in [1.807, 2.05) is 42.5 Å². The van der Waals surface area contributed by atoms with Gasteiger partial charge in [-0.15, -0.1) is 0 Å². The van der Waals surface area contributed by atoms with Crippen LogP contribution in [0.2, 0.25) is 5.02 Å². The lowest BCUT2D eigenvalue weighted by Gasteiger charge is -2.28. The van der Waals surface area contributed by atoms with Gasteiger partial charge in [0.25, 0.3) is 0 Å². The number of carbonyl (C=O) groups excluding carboxylic acids is 2. The third-order valence-electron chi connectivity index (χ3n) is 4.20. The highest BCUT2D eigenvalue weighted by Crippen LogP contribution is 2.16. The fraction of sp³-hybridized carbons (Fsp3) is 0.333. The lowest BCUT2D eigenvalue weighted by atomic mass is 10.1. The number of hydrogen-bond donors (Lipinski definition) is 1. The normalized spacial score (nSPS) is 11.5. The van der Waals surface area contributed by atoms with Crippen LogP contribution in [0.15, 0.2) is 54.6 Å². The second-order valence-electron chi connectivity index (χ2n) is 6.21. The van der Waals surface area contributed by atoms with Crippen LogP contribution in [0.3, 0.4) is 0 Å². The third kappa shape index (κ3) is 6.61. The summed E-state index contributed by atoms with van der Waals surface area (Å²) in [6, 6.07) is 16.2. The van der Waals surface area contributed by atoms with Crippen LogP contribution in [-0.2, 0) is 16.1 Å². The fourth-order valence-corrected chi connectivity index (χ4v) is 2.91. The Morgan fingerprint density at radius 1 is 1.15 bits per heavy atom. The van der Waals surface area contributed by atoms with Crippen molar-refractivity contribution in [3.8, 4) is 5.75 Å². The largest absolute Gasteiger partial charge is 0.494 e. The van der Waals surface area contributed by atoms with E-state index in [9.17, 15) is 9.59 Å². The molecular formula is C21H25ClN2O3. The maximum absolute atomic E-state index is 12.8. The van der Waals surface area contributed by atoms with E-state index < -0.39 is 6.04 Å². The van der Waals surface area contributed by atoms with Crippen LogP contribution in [0.25, 0.3) is 0 Å². The summed E-state index contributed by atoms with van der Waals surface area (Å²) >= 11 is 6.04. The van der Waals surface area contributed by atoms with Crippen molar-refractivity contribution in [2.75, 3.05) is 13.7 Å². The van der Waals surface area contributed by atoms with Gasteiger partial charge in [-0.25, -0.2) is 0 Å². The zero-order chi connectivity index (χ0) is 19.6. The minimum atomic E-state index is -0.573. The molecule has 0 spiro atoms. The average Bonchev–Trinajstić information content (AvgIpc) is 2.69. The standard InChI is InChI=1S/C21H25ClN2O3/c1-16(21(26)23-2)24(15-17-8-6-9-18(22)14-17)20(25)12-7-13-27-19-10-4-3-5-11-19/h3-6,8-11,14,16H,7,12-13,15H2,1-2H3,(H,23,26)/t16-/m1/s1. The van der Waals surface area contributed by atoms with Gasteiger partial charge in [0.15, 0.2) is 0 Å². The topological polar surface area (TPSA) is 58.6 Å². The number of carbonyl (C=O) groups is 2. The van der Waals surface area contributed by atoms with Crippen LogP contribution in [0.4, 0.5) is 0 Å². The second kappa shape index (κ2) is 10.6. The third-order valence-corrected chi connectivity index (χ3v) is 4.44. The Morgan fingerprint density at radius 2 is 1.89 bits per heavy atom. The molecule has 0 fully saturated rings. The Hall–Kier alpha value is -2.53. The number of para-hydroxylation sites is 1. The van der Waals surface area contributed by atoms with Crippen LogP contribution < -0.4 is 10.1 Å². The van der Waals surface area contributed by atoms with Crippen molar-refractivity contribution in [3.63, 3.8) is 0 Å². The van der Waals surface area contributed by atoms with Crippen molar-refractivity contribution in [2.45, 2.75) is 32.4 Å². The molecule has 0 aromatic heterocycles. The molecule has 0 saturated heterocycles. The molecule has 0 unspecified atom stereocenters. The second-order valence-corrected chi connectivity index (χ2v) is 6.64. The van der Waals surface area contributed by atoms with Crippen LogP contribution in [-0.4, -0.2) is 36.4 Å². The summed E-state index contributed by atoms with van der Waals surface area (Å²) in [5, 5.41) is 3.20. The lowest BCUT2D eigenvalue weighted by Crippen LogP contribution is -2.46. The highest BCUT2D eigenvalue weighted by Gasteiger charge is 2.25. The molecular weight excluding hydrogens is 364 g/mol. The van der Waals surface area contributed by atoms with Crippen LogP contribution >= 0.6 is 11.6 Å².